The predicted octanol–water partition coefficient (Wildman–Crippen LogP) is 3.14. The van der Waals surface area contributed by atoms with Gasteiger partial charge in [-0.2, -0.15) is 18.2 Å². The lowest BCUT2D eigenvalue weighted by molar-refractivity contribution is -0.144. The SMILES string of the molecule is CN(CCC(F)(F)F)C(=O)CCc1nc(-c2cccs2)no1. The highest BCUT2D eigenvalue weighted by atomic mass is 32.1. The topological polar surface area (TPSA) is 59.2 Å². The zero-order valence-electron chi connectivity index (χ0n) is 11.8. The first-order chi connectivity index (χ1) is 10.3. The number of halogens is 3. The fraction of sp³-hybridized carbons (Fsp3) is 0.462. The van der Waals surface area contributed by atoms with E-state index in [0.717, 1.165) is 9.78 Å². The maximum Gasteiger partial charge on any atom is 0.390 e. The van der Waals surface area contributed by atoms with Gasteiger partial charge >= 0.3 is 6.18 Å². The van der Waals surface area contributed by atoms with Gasteiger partial charge in [0.25, 0.3) is 0 Å². The summed E-state index contributed by atoms with van der Waals surface area (Å²) in [4.78, 5) is 17.8. The van der Waals surface area contributed by atoms with Crippen LogP contribution >= 0.6 is 11.3 Å². The average molecular weight is 333 g/mol. The van der Waals surface area contributed by atoms with Crippen LogP contribution in [0.15, 0.2) is 22.0 Å². The first-order valence-electron chi connectivity index (χ1n) is 6.52. The summed E-state index contributed by atoms with van der Waals surface area (Å²) in [5, 5.41) is 5.68. The van der Waals surface area contributed by atoms with Gasteiger partial charge in [0.1, 0.15) is 0 Å². The molecule has 1 amide bonds. The molecular formula is C13H14F3N3O2S. The van der Waals surface area contributed by atoms with Gasteiger partial charge in [-0.25, -0.2) is 0 Å². The van der Waals surface area contributed by atoms with E-state index in [2.05, 4.69) is 10.1 Å². The minimum absolute atomic E-state index is 0.0282. The first kappa shape index (κ1) is 16.5. The highest BCUT2D eigenvalue weighted by molar-refractivity contribution is 7.13. The molecule has 0 aliphatic rings. The van der Waals surface area contributed by atoms with Gasteiger partial charge in [0.05, 0.1) is 11.3 Å². The van der Waals surface area contributed by atoms with Crippen molar-refractivity contribution in [1.82, 2.24) is 15.0 Å². The molecule has 0 bridgehead atoms. The van der Waals surface area contributed by atoms with Crippen molar-refractivity contribution in [3.63, 3.8) is 0 Å². The lowest BCUT2D eigenvalue weighted by atomic mass is 10.2. The molecule has 0 radical (unpaired) electrons. The molecule has 5 nitrogen and oxygen atoms in total. The summed E-state index contributed by atoms with van der Waals surface area (Å²) < 4.78 is 41.3. The number of carbonyl (C=O) groups is 1. The lowest BCUT2D eigenvalue weighted by Gasteiger charge is -2.17. The molecular weight excluding hydrogens is 319 g/mol. The molecule has 120 valence electrons. The Morgan fingerprint density at radius 2 is 2.23 bits per heavy atom. The summed E-state index contributed by atoms with van der Waals surface area (Å²) in [6.07, 6.45) is -5.05. The average Bonchev–Trinajstić information content (AvgIpc) is 3.11. The van der Waals surface area contributed by atoms with E-state index in [-0.39, 0.29) is 25.3 Å². The summed E-state index contributed by atoms with van der Waals surface area (Å²) in [5.41, 5.74) is 0. The van der Waals surface area contributed by atoms with Crippen LogP contribution in [0, 0.1) is 0 Å². The molecule has 2 aromatic heterocycles. The minimum atomic E-state index is -4.27. The Kier molecular flexibility index (Phi) is 5.17. The molecule has 0 aromatic carbocycles. The molecule has 22 heavy (non-hydrogen) atoms. The molecule has 0 aliphatic carbocycles. The molecule has 0 saturated heterocycles. The maximum atomic E-state index is 12.1. The maximum absolute atomic E-state index is 12.1. The van der Waals surface area contributed by atoms with Crippen molar-refractivity contribution in [3.05, 3.63) is 23.4 Å². The standard InChI is InChI=1S/C13H14F3N3O2S/c1-19(7-6-13(14,15)16)11(20)5-4-10-17-12(18-21-10)9-3-2-8-22-9/h2-3,8H,4-7H2,1H3. The van der Waals surface area contributed by atoms with Crippen molar-refractivity contribution in [2.24, 2.45) is 0 Å². The summed E-state index contributed by atoms with van der Waals surface area (Å²) in [6, 6.07) is 3.70. The van der Waals surface area contributed by atoms with E-state index in [4.69, 9.17) is 4.52 Å². The van der Waals surface area contributed by atoms with E-state index < -0.39 is 12.6 Å². The third kappa shape index (κ3) is 4.83. The van der Waals surface area contributed by atoms with Crippen LogP contribution < -0.4 is 0 Å². The Morgan fingerprint density at radius 3 is 2.86 bits per heavy atom. The summed E-state index contributed by atoms with van der Waals surface area (Å²) in [5.74, 6) is 0.351. The van der Waals surface area contributed by atoms with Crippen molar-refractivity contribution >= 4 is 17.2 Å². The molecule has 0 spiro atoms. The summed E-state index contributed by atoms with van der Waals surface area (Å²) >= 11 is 1.46. The molecule has 0 unspecified atom stereocenters. The first-order valence-corrected chi connectivity index (χ1v) is 7.40. The van der Waals surface area contributed by atoms with Gasteiger partial charge in [-0.1, -0.05) is 11.2 Å². The Balaban J connectivity index is 1.81. The van der Waals surface area contributed by atoms with E-state index in [0.29, 0.717) is 11.7 Å². The van der Waals surface area contributed by atoms with Crippen molar-refractivity contribution < 1.29 is 22.5 Å². The van der Waals surface area contributed by atoms with E-state index >= 15 is 0 Å². The van der Waals surface area contributed by atoms with Gasteiger partial charge in [0, 0.05) is 26.4 Å². The minimum Gasteiger partial charge on any atom is -0.345 e. The Hall–Kier alpha value is -1.90. The molecule has 0 fully saturated rings. The molecule has 2 heterocycles. The molecule has 0 aliphatic heterocycles. The number of nitrogens with zero attached hydrogens (tertiary/aromatic N) is 3. The highest BCUT2D eigenvalue weighted by Crippen LogP contribution is 2.22. The van der Waals surface area contributed by atoms with E-state index in [1.54, 1.807) is 0 Å². The molecule has 9 heteroatoms. The number of hydrogen-bond donors (Lipinski definition) is 0. The van der Waals surface area contributed by atoms with Crippen LogP contribution in [0.2, 0.25) is 0 Å². The quantitative estimate of drug-likeness (QED) is 0.815. The number of hydrogen-bond acceptors (Lipinski definition) is 5. The third-order valence-electron chi connectivity index (χ3n) is 2.92. The lowest BCUT2D eigenvalue weighted by Crippen LogP contribution is -2.30. The van der Waals surface area contributed by atoms with Crippen LogP contribution in [0.1, 0.15) is 18.7 Å². The molecule has 0 saturated carbocycles. The second-order valence-electron chi connectivity index (χ2n) is 4.67. The van der Waals surface area contributed by atoms with E-state index in [1.807, 2.05) is 17.5 Å². The van der Waals surface area contributed by atoms with Crippen LogP contribution in [0.4, 0.5) is 13.2 Å². The van der Waals surface area contributed by atoms with Crippen LogP contribution in [0.5, 0.6) is 0 Å². The van der Waals surface area contributed by atoms with Gasteiger partial charge in [0.15, 0.2) is 0 Å². The predicted molar refractivity (Wildman–Crippen MR) is 74.2 cm³/mol. The van der Waals surface area contributed by atoms with Gasteiger partial charge in [-0.15, -0.1) is 11.3 Å². The Labute approximate surface area is 128 Å². The molecule has 2 aromatic rings. The molecule has 0 N–H and O–H groups in total. The van der Waals surface area contributed by atoms with Crippen LogP contribution in [0.3, 0.4) is 0 Å². The van der Waals surface area contributed by atoms with Gasteiger partial charge < -0.3 is 9.42 Å². The Morgan fingerprint density at radius 1 is 1.45 bits per heavy atom. The van der Waals surface area contributed by atoms with Gasteiger partial charge in [-0.3, -0.25) is 4.79 Å². The van der Waals surface area contributed by atoms with Crippen LogP contribution in [0.25, 0.3) is 10.7 Å². The smallest absolute Gasteiger partial charge is 0.345 e. The largest absolute Gasteiger partial charge is 0.390 e. The zero-order valence-corrected chi connectivity index (χ0v) is 12.6. The number of thiophene rings is 1. The van der Waals surface area contributed by atoms with E-state index in [1.165, 1.54) is 18.4 Å². The second kappa shape index (κ2) is 6.91. The number of rotatable bonds is 6. The second-order valence-corrected chi connectivity index (χ2v) is 5.62. The summed E-state index contributed by atoms with van der Waals surface area (Å²) in [6.45, 7) is -0.355. The van der Waals surface area contributed by atoms with Crippen molar-refractivity contribution in [2.75, 3.05) is 13.6 Å². The third-order valence-corrected chi connectivity index (χ3v) is 3.78. The Bertz CT molecular complexity index is 610. The number of alkyl halides is 3. The number of aryl methyl sites for hydroxylation is 1. The van der Waals surface area contributed by atoms with Crippen molar-refractivity contribution in [3.8, 4) is 10.7 Å². The fourth-order valence-corrected chi connectivity index (χ4v) is 2.34. The number of amides is 1. The number of aromatic nitrogens is 2. The highest BCUT2D eigenvalue weighted by Gasteiger charge is 2.28. The van der Waals surface area contributed by atoms with Gasteiger partial charge in [0.2, 0.25) is 17.6 Å². The van der Waals surface area contributed by atoms with Crippen molar-refractivity contribution in [2.45, 2.75) is 25.4 Å². The van der Waals surface area contributed by atoms with Crippen LogP contribution in [-0.2, 0) is 11.2 Å². The van der Waals surface area contributed by atoms with Crippen LogP contribution in [-0.4, -0.2) is 40.7 Å². The zero-order chi connectivity index (χ0) is 16.2. The van der Waals surface area contributed by atoms with E-state index in [9.17, 15) is 18.0 Å². The number of carbonyl (C=O) groups excluding carboxylic acids is 1. The van der Waals surface area contributed by atoms with Crippen molar-refractivity contribution in [1.29, 1.82) is 0 Å². The fourth-order valence-electron chi connectivity index (χ4n) is 1.69. The summed E-state index contributed by atoms with van der Waals surface area (Å²) in [7, 11) is 1.35. The monoisotopic (exact) mass is 333 g/mol. The normalized spacial score (nSPS) is 11.6. The van der Waals surface area contributed by atoms with Gasteiger partial charge in [-0.05, 0) is 11.4 Å². The molecule has 0 atom stereocenters. The molecule has 2 rings (SSSR count).